The third-order valence-electron chi connectivity index (χ3n) is 4.36. The molecule has 0 saturated carbocycles. The summed E-state index contributed by atoms with van der Waals surface area (Å²) >= 11 is 0. The van der Waals surface area contributed by atoms with Crippen molar-refractivity contribution < 1.29 is 52.4 Å². The van der Waals surface area contributed by atoms with Gasteiger partial charge in [-0.2, -0.15) is 0 Å². The van der Waals surface area contributed by atoms with E-state index in [4.69, 9.17) is 0 Å². The van der Waals surface area contributed by atoms with Gasteiger partial charge >= 0.3 is 37.7 Å². The molecule has 1 aromatic carbocycles. The number of hydrogen-bond acceptors (Lipinski definition) is 3. The fourth-order valence-corrected chi connectivity index (χ4v) is 3.01. The molecule has 0 fully saturated rings. The van der Waals surface area contributed by atoms with E-state index in [-0.39, 0.29) is 37.7 Å². The average Bonchev–Trinajstić information content (AvgIpc) is 2.57. The van der Waals surface area contributed by atoms with Crippen LogP contribution in [-0.2, 0) is 23.9 Å². The Labute approximate surface area is 184 Å². The van der Waals surface area contributed by atoms with E-state index in [2.05, 4.69) is 37.6 Å². The SMILES string of the molecule is CCCCc1ccc(C=COB([O-])[O-])c(CCCC)c1CCCC.[Li+].[Li+]. The van der Waals surface area contributed by atoms with Crippen LogP contribution < -0.4 is 47.8 Å². The summed E-state index contributed by atoms with van der Waals surface area (Å²) in [6.45, 7) is 6.64. The van der Waals surface area contributed by atoms with Crippen molar-refractivity contribution in [2.45, 2.75) is 78.6 Å². The molecule has 0 spiro atoms. The molecule has 6 heteroatoms. The Balaban J connectivity index is 0. The van der Waals surface area contributed by atoms with E-state index in [0.717, 1.165) is 37.7 Å². The number of unbranched alkanes of at least 4 members (excludes halogenated alkanes) is 3. The van der Waals surface area contributed by atoms with Crippen LogP contribution >= 0.6 is 0 Å². The minimum atomic E-state index is -2.26. The van der Waals surface area contributed by atoms with Crippen LogP contribution in [0.15, 0.2) is 18.4 Å². The number of hydrogen-bond donors (Lipinski definition) is 0. The van der Waals surface area contributed by atoms with E-state index >= 15 is 0 Å². The van der Waals surface area contributed by atoms with Gasteiger partial charge in [0.15, 0.2) is 0 Å². The van der Waals surface area contributed by atoms with E-state index in [1.54, 1.807) is 6.08 Å². The van der Waals surface area contributed by atoms with Gasteiger partial charge in [0.2, 0.25) is 0 Å². The van der Waals surface area contributed by atoms with Crippen molar-refractivity contribution in [3.8, 4) is 0 Å². The minimum absolute atomic E-state index is 0. The molecule has 0 saturated heterocycles. The van der Waals surface area contributed by atoms with Crippen molar-refractivity contribution in [3.63, 3.8) is 0 Å². The predicted octanol–water partition coefficient (Wildman–Crippen LogP) is -2.58. The second-order valence-corrected chi connectivity index (χ2v) is 6.31. The van der Waals surface area contributed by atoms with Gasteiger partial charge in [0.1, 0.15) is 7.32 Å². The Bertz CT molecular complexity index is 508. The number of rotatable bonds is 12. The second kappa shape index (κ2) is 17.1. The maximum Gasteiger partial charge on any atom is 1.00 e. The molecule has 26 heavy (non-hydrogen) atoms. The van der Waals surface area contributed by atoms with Crippen molar-refractivity contribution in [1.82, 2.24) is 0 Å². The largest absolute Gasteiger partial charge is 1.00 e. The molecule has 0 N–H and O–H groups in total. The second-order valence-electron chi connectivity index (χ2n) is 6.31. The van der Waals surface area contributed by atoms with Gasteiger partial charge in [-0.25, -0.2) is 0 Å². The maximum atomic E-state index is 10.5. The normalized spacial score (nSPS) is 10.3. The summed E-state index contributed by atoms with van der Waals surface area (Å²) in [7, 11) is -2.26. The van der Waals surface area contributed by atoms with Crippen LogP contribution in [0, 0.1) is 0 Å². The number of benzene rings is 1. The molecule has 0 aromatic heterocycles. The van der Waals surface area contributed by atoms with Crippen LogP contribution in [0.2, 0.25) is 0 Å². The van der Waals surface area contributed by atoms with Gasteiger partial charge in [0.25, 0.3) is 0 Å². The van der Waals surface area contributed by atoms with Gasteiger partial charge in [-0.1, -0.05) is 52.2 Å². The predicted molar refractivity (Wildman–Crippen MR) is 98.2 cm³/mol. The van der Waals surface area contributed by atoms with Gasteiger partial charge in [-0.05, 0) is 66.9 Å². The van der Waals surface area contributed by atoms with E-state index in [9.17, 15) is 10.0 Å². The molecule has 0 unspecified atom stereocenters. The zero-order chi connectivity index (χ0) is 17.8. The Morgan fingerprint density at radius 2 is 1.38 bits per heavy atom. The summed E-state index contributed by atoms with van der Waals surface area (Å²) in [5, 5.41) is 21.1. The smallest absolute Gasteiger partial charge is 0.860 e. The summed E-state index contributed by atoms with van der Waals surface area (Å²) in [6.07, 6.45) is 13.3. The molecule has 0 bridgehead atoms. The Hall–Kier alpha value is -0.0603. The van der Waals surface area contributed by atoms with Crippen molar-refractivity contribution in [3.05, 3.63) is 40.6 Å². The van der Waals surface area contributed by atoms with Crippen LogP contribution in [0.5, 0.6) is 0 Å². The van der Waals surface area contributed by atoms with Crippen molar-refractivity contribution >= 4 is 13.4 Å². The van der Waals surface area contributed by atoms with E-state index in [1.807, 2.05) is 0 Å². The van der Waals surface area contributed by atoms with Crippen LogP contribution in [0.25, 0.3) is 6.08 Å². The molecule has 0 aliphatic heterocycles. The molecular formula is C20H31BLi2O3. The first-order chi connectivity index (χ1) is 11.6. The fraction of sp³-hybridized carbons (Fsp3) is 0.600. The third kappa shape index (κ3) is 10.3. The van der Waals surface area contributed by atoms with E-state index in [0.29, 0.717) is 0 Å². The number of aryl methyl sites for hydroxylation is 1. The van der Waals surface area contributed by atoms with Crippen molar-refractivity contribution in [2.75, 3.05) is 0 Å². The molecule has 1 aromatic rings. The summed E-state index contributed by atoms with van der Waals surface area (Å²) in [4.78, 5) is 0. The monoisotopic (exact) mass is 344 g/mol. The van der Waals surface area contributed by atoms with Gasteiger partial charge in [0, 0.05) is 0 Å². The molecule has 0 aliphatic carbocycles. The quantitative estimate of drug-likeness (QED) is 0.309. The molecule has 0 atom stereocenters. The van der Waals surface area contributed by atoms with Crippen LogP contribution in [0.1, 0.15) is 81.5 Å². The molecule has 134 valence electrons. The van der Waals surface area contributed by atoms with E-state index < -0.39 is 7.32 Å². The van der Waals surface area contributed by atoms with Gasteiger partial charge in [-0.15, -0.1) is 0 Å². The maximum absolute atomic E-state index is 10.5. The van der Waals surface area contributed by atoms with E-state index in [1.165, 1.54) is 48.6 Å². The van der Waals surface area contributed by atoms with Gasteiger partial charge < -0.3 is 14.7 Å². The van der Waals surface area contributed by atoms with Gasteiger partial charge in [0.05, 0.1) is 6.26 Å². The summed E-state index contributed by atoms with van der Waals surface area (Å²) < 4.78 is 4.53. The third-order valence-corrected chi connectivity index (χ3v) is 4.36. The van der Waals surface area contributed by atoms with Crippen LogP contribution in [0.3, 0.4) is 0 Å². The zero-order valence-corrected chi connectivity index (χ0v) is 17.5. The molecule has 0 amide bonds. The molecule has 0 radical (unpaired) electrons. The summed E-state index contributed by atoms with van der Waals surface area (Å²) in [5.74, 6) is 0. The summed E-state index contributed by atoms with van der Waals surface area (Å²) in [5.41, 5.74) is 5.38. The minimum Gasteiger partial charge on any atom is -0.860 e. The fourth-order valence-electron chi connectivity index (χ4n) is 3.01. The molecular weight excluding hydrogens is 313 g/mol. The Kier molecular flexibility index (Phi) is 18.5. The topological polar surface area (TPSA) is 55.3 Å². The molecule has 3 nitrogen and oxygen atoms in total. The van der Waals surface area contributed by atoms with Crippen molar-refractivity contribution in [2.24, 2.45) is 0 Å². The first-order valence-corrected chi connectivity index (χ1v) is 9.41. The average molecular weight is 344 g/mol. The molecule has 0 aliphatic rings. The zero-order valence-electron chi connectivity index (χ0n) is 17.5. The first kappa shape index (κ1) is 28.2. The molecule has 0 heterocycles. The van der Waals surface area contributed by atoms with Crippen LogP contribution in [0.4, 0.5) is 0 Å². The summed E-state index contributed by atoms with van der Waals surface area (Å²) in [6, 6.07) is 4.32. The van der Waals surface area contributed by atoms with Gasteiger partial charge in [-0.3, -0.25) is 0 Å². The Morgan fingerprint density at radius 3 is 1.92 bits per heavy atom. The molecule has 1 rings (SSSR count). The van der Waals surface area contributed by atoms with Crippen LogP contribution in [-0.4, -0.2) is 7.32 Å². The first-order valence-electron chi connectivity index (χ1n) is 9.41. The van der Waals surface area contributed by atoms with Crippen molar-refractivity contribution in [1.29, 1.82) is 0 Å². The Morgan fingerprint density at radius 1 is 0.846 bits per heavy atom. The standard InChI is InChI=1S/C20H31BO3.2Li/c1-4-7-10-17-13-14-18(15-16-24-21(22)23)20(12-9-6-3)19(17)11-8-5-2;;/h13-16H,4-12H2,1-3H3;;/q-2;2*+1.